The average Bonchev–Trinajstić information content (AvgIpc) is 2.79. The molecule has 0 aliphatic heterocycles. The first kappa shape index (κ1) is 20.4. The molecule has 2 N–H and O–H groups in total. The highest BCUT2D eigenvalue weighted by Gasteiger charge is 2.27. The number of nitrogens with one attached hydrogen (secondary N) is 2. The van der Waals surface area contributed by atoms with Crippen molar-refractivity contribution in [2.75, 3.05) is 32.0 Å². The lowest BCUT2D eigenvalue weighted by molar-refractivity contribution is 0.357. The number of nitriles is 2. The molecule has 0 saturated carbocycles. The zero-order valence-electron chi connectivity index (χ0n) is 16.8. The maximum Gasteiger partial charge on any atom is 0.188 e. The van der Waals surface area contributed by atoms with Crippen molar-refractivity contribution in [3.8, 4) is 29.4 Å². The van der Waals surface area contributed by atoms with Crippen molar-refractivity contribution in [1.82, 2.24) is 0 Å². The standard InChI is InChI=1S/C23H20N4O3/c1-28-19-12-8-7-11-18(19)27-21-17(14-25)16(13-24)20(22(29-2)23(21)30-3)26-15-9-5-4-6-10-15/h4-12,26-27H,1-3H3. The number of nitrogens with zero attached hydrogens (tertiary/aromatic N) is 2. The topological polar surface area (TPSA) is 99.3 Å². The van der Waals surface area contributed by atoms with E-state index in [-0.39, 0.29) is 16.9 Å². The van der Waals surface area contributed by atoms with Gasteiger partial charge in [-0.05, 0) is 24.3 Å². The third-order valence-corrected chi connectivity index (χ3v) is 4.45. The van der Waals surface area contributed by atoms with Crippen LogP contribution in [-0.4, -0.2) is 21.3 Å². The number of para-hydroxylation sites is 3. The zero-order chi connectivity index (χ0) is 21.5. The summed E-state index contributed by atoms with van der Waals surface area (Å²) < 4.78 is 16.6. The van der Waals surface area contributed by atoms with E-state index in [1.54, 1.807) is 19.2 Å². The number of ether oxygens (including phenoxy) is 3. The van der Waals surface area contributed by atoms with E-state index in [0.717, 1.165) is 5.69 Å². The fraction of sp³-hybridized carbons (Fsp3) is 0.130. The van der Waals surface area contributed by atoms with Gasteiger partial charge in [-0.15, -0.1) is 0 Å². The highest BCUT2D eigenvalue weighted by atomic mass is 16.5. The summed E-state index contributed by atoms with van der Waals surface area (Å²) in [5, 5.41) is 26.2. The van der Waals surface area contributed by atoms with Crippen molar-refractivity contribution in [3.05, 3.63) is 65.7 Å². The second-order valence-electron chi connectivity index (χ2n) is 6.11. The van der Waals surface area contributed by atoms with E-state index < -0.39 is 0 Å². The number of hydrogen-bond donors (Lipinski definition) is 2. The smallest absolute Gasteiger partial charge is 0.188 e. The van der Waals surface area contributed by atoms with Crippen molar-refractivity contribution in [2.45, 2.75) is 0 Å². The van der Waals surface area contributed by atoms with Gasteiger partial charge in [0.2, 0.25) is 0 Å². The Morgan fingerprint density at radius 1 is 0.667 bits per heavy atom. The molecule has 0 atom stereocenters. The summed E-state index contributed by atoms with van der Waals surface area (Å²) in [6.07, 6.45) is 0. The highest BCUT2D eigenvalue weighted by molar-refractivity contribution is 5.90. The fourth-order valence-corrected chi connectivity index (χ4v) is 3.10. The summed E-state index contributed by atoms with van der Waals surface area (Å²) >= 11 is 0. The summed E-state index contributed by atoms with van der Waals surface area (Å²) in [4.78, 5) is 0. The monoisotopic (exact) mass is 400 g/mol. The molecule has 3 rings (SSSR count). The van der Waals surface area contributed by atoms with Crippen LogP contribution in [0.25, 0.3) is 0 Å². The molecule has 30 heavy (non-hydrogen) atoms. The molecular formula is C23H20N4O3. The van der Waals surface area contributed by atoms with Crippen LogP contribution < -0.4 is 24.8 Å². The molecule has 150 valence electrons. The van der Waals surface area contributed by atoms with Crippen LogP contribution in [0.4, 0.5) is 22.7 Å². The summed E-state index contributed by atoms with van der Waals surface area (Å²) in [7, 11) is 4.51. The van der Waals surface area contributed by atoms with Gasteiger partial charge in [-0.25, -0.2) is 0 Å². The minimum atomic E-state index is 0.125. The Bertz CT molecular complexity index is 1130. The van der Waals surface area contributed by atoms with Gasteiger partial charge in [-0.1, -0.05) is 30.3 Å². The molecule has 7 nitrogen and oxygen atoms in total. The molecule has 3 aromatic rings. The van der Waals surface area contributed by atoms with E-state index in [0.29, 0.717) is 28.6 Å². The van der Waals surface area contributed by atoms with Gasteiger partial charge < -0.3 is 24.8 Å². The van der Waals surface area contributed by atoms with Crippen LogP contribution in [0, 0.1) is 22.7 Å². The molecule has 7 heteroatoms. The number of rotatable bonds is 7. The average molecular weight is 400 g/mol. The molecule has 0 spiro atoms. The Morgan fingerprint density at radius 3 is 1.73 bits per heavy atom. The van der Waals surface area contributed by atoms with E-state index in [1.165, 1.54) is 14.2 Å². The first-order valence-electron chi connectivity index (χ1n) is 9.02. The van der Waals surface area contributed by atoms with Gasteiger partial charge in [0.15, 0.2) is 11.5 Å². The number of methoxy groups -OCH3 is 3. The molecule has 0 heterocycles. The van der Waals surface area contributed by atoms with Gasteiger partial charge in [-0.3, -0.25) is 0 Å². The van der Waals surface area contributed by atoms with Crippen molar-refractivity contribution >= 4 is 22.7 Å². The van der Waals surface area contributed by atoms with Crippen LogP contribution >= 0.6 is 0 Å². The van der Waals surface area contributed by atoms with Crippen LogP contribution in [0.15, 0.2) is 54.6 Å². The van der Waals surface area contributed by atoms with Gasteiger partial charge in [0.1, 0.15) is 29.3 Å². The minimum absolute atomic E-state index is 0.125. The maximum absolute atomic E-state index is 9.91. The molecule has 0 amide bonds. The molecule has 0 saturated heterocycles. The van der Waals surface area contributed by atoms with Crippen molar-refractivity contribution in [2.24, 2.45) is 0 Å². The Balaban J connectivity index is 2.26. The zero-order valence-corrected chi connectivity index (χ0v) is 16.8. The number of benzene rings is 3. The van der Waals surface area contributed by atoms with Crippen LogP contribution in [0.1, 0.15) is 11.1 Å². The third-order valence-electron chi connectivity index (χ3n) is 4.45. The number of hydrogen-bond acceptors (Lipinski definition) is 7. The molecule has 0 radical (unpaired) electrons. The molecule has 0 aliphatic carbocycles. The van der Waals surface area contributed by atoms with E-state index in [4.69, 9.17) is 14.2 Å². The lowest BCUT2D eigenvalue weighted by Gasteiger charge is -2.22. The van der Waals surface area contributed by atoms with Gasteiger partial charge in [-0.2, -0.15) is 10.5 Å². The van der Waals surface area contributed by atoms with Gasteiger partial charge >= 0.3 is 0 Å². The molecule has 3 aromatic carbocycles. The minimum Gasteiger partial charge on any atom is -0.495 e. The fourth-order valence-electron chi connectivity index (χ4n) is 3.10. The van der Waals surface area contributed by atoms with Crippen molar-refractivity contribution in [3.63, 3.8) is 0 Å². The van der Waals surface area contributed by atoms with Crippen LogP contribution in [0.2, 0.25) is 0 Å². The summed E-state index contributed by atoms with van der Waals surface area (Å²) in [5.74, 6) is 1.17. The van der Waals surface area contributed by atoms with Crippen LogP contribution in [-0.2, 0) is 0 Å². The molecule has 0 unspecified atom stereocenters. The molecule has 0 aromatic heterocycles. The van der Waals surface area contributed by atoms with Crippen molar-refractivity contribution < 1.29 is 14.2 Å². The molecule has 0 bridgehead atoms. The van der Waals surface area contributed by atoms with E-state index in [9.17, 15) is 10.5 Å². The Labute approximate surface area is 175 Å². The van der Waals surface area contributed by atoms with Crippen LogP contribution in [0.5, 0.6) is 17.2 Å². The Hall–Kier alpha value is -4.36. The maximum atomic E-state index is 9.91. The van der Waals surface area contributed by atoms with E-state index in [1.807, 2.05) is 42.5 Å². The highest BCUT2D eigenvalue weighted by Crippen LogP contribution is 2.49. The van der Waals surface area contributed by atoms with Gasteiger partial charge in [0.05, 0.1) is 38.1 Å². The Morgan fingerprint density at radius 2 is 1.20 bits per heavy atom. The third kappa shape index (κ3) is 3.78. The van der Waals surface area contributed by atoms with E-state index >= 15 is 0 Å². The first-order chi connectivity index (χ1) is 14.7. The predicted molar refractivity (Wildman–Crippen MR) is 115 cm³/mol. The summed E-state index contributed by atoms with van der Waals surface area (Å²) in [6.45, 7) is 0. The first-order valence-corrected chi connectivity index (χ1v) is 9.02. The lowest BCUT2D eigenvalue weighted by Crippen LogP contribution is -2.07. The summed E-state index contributed by atoms with van der Waals surface area (Å²) in [6, 6.07) is 20.8. The summed E-state index contributed by atoms with van der Waals surface area (Å²) in [5.41, 5.74) is 2.28. The lowest BCUT2D eigenvalue weighted by atomic mass is 10.0. The quantitative estimate of drug-likeness (QED) is 0.579. The molecule has 0 aliphatic rings. The largest absolute Gasteiger partial charge is 0.495 e. The van der Waals surface area contributed by atoms with Gasteiger partial charge in [0.25, 0.3) is 0 Å². The van der Waals surface area contributed by atoms with Crippen molar-refractivity contribution in [1.29, 1.82) is 10.5 Å². The second-order valence-corrected chi connectivity index (χ2v) is 6.11. The second kappa shape index (κ2) is 9.22. The normalized spacial score (nSPS) is 9.77. The van der Waals surface area contributed by atoms with Gasteiger partial charge in [0, 0.05) is 5.69 Å². The SMILES string of the molecule is COc1ccccc1Nc1c(C#N)c(C#N)c(Nc2ccccc2)c(OC)c1OC. The molecule has 0 fully saturated rings. The van der Waals surface area contributed by atoms with Crippen LogP contribution in [0.3, 0.4) is 0 Å². The van der Waals surface area contributed by atoms with E-state index in [2.05, 4.69) is 22.8 Å². The Kier molecular flexibility index (Phi) is 6.26. The molecular weight excluding hydrogens is 380 g/mol. The predicted octanol–water partition coefficient (Wildman–Crippen LogP) is 4.94. The number of anilines is 4.